The molecule has 1 amide bonds. The van der Waals surface area contributed by atoms with Crippen LogP contribution in [0.2, 0.25) is 0 Å². The summed E-state index contributed by atoms with van der Waals surface area (Å²) in [5.74, 6) is -0.513. The average Bonchev–Trinajstić information content (AvgIpc) is 3.46. The Labute approximate surface area is 185 Å². The Morgan fingerprint density at radius 1 is 1.12 bits per heavy atom. The lowest BCUT2D eigenvalue weighted by Gasteiger charge is -2.12. The van der Waals surface area contributed by atoms with Gasteiger partial charge in [-0.2, -0.15) is 24.5 Å². The number of hydrogen-bond acceptors (Lipinski definition) is 5. The number of benzene rings is 2. The second kappa shape index (κ2) is 8.83. The summed E-state index contributed by atoms with van der Waals surface area (Å²) in [5, 5.41) is 14.4. The van der Waals surface area contributed by atoms with Crippen molar-refractivity contribution in [3.8, 4) is 11.1 Å². The average molecular weight is 457 g/mol. The first-order valence-electron chi connectivity index (χ1n) is 9.60. The highest BCUT2D eigenvalue weighted by atomic mass is 32.1. The van der Waals surface area contributed by atoms with E-state index in [1.54, 1.807) is 29.5 Å². The molecule has 2 aromatic carbocycles. The fourth-order valence-corrected chi connectivity index (χ4v) is 3.89. The maximum atomic E-state index is 13.1. The van der Waals surface area contributed by atoms with Crippen LogP contribution >= 0.6 is 11.3 Å². The molecule has 4 rings (SSSR count). The minimum absolute atomic E-state index is 0.0365. The van der Waals surface area contributed by atoms with Crippen LogP contribution in [0.25, 0.3) is 11.1 Å². The molecule has 0 fully saturated rings. The van der Waals surface area contributed by atoms with Crippen LogP contribution in [0.15, 0.2) is 65.5 Å². The van der Waals surface area contributed by atoms with E-state index in [2.05, 4.69) is 15.6 Å². The van der Waals surface area contributed by atoms with Crippen molar-refractivity contribution in [3.63, 3.8) is 0 Å². The summed E-state index contributed by atoms with van der Waals surface area (Å²) < 4.78 is 40.8. The second-order valence-corrected chi connectivity index (χ2v) is 7.82. The number of aromatic nitrogens is 3. The van der Waals surface area contributed by atoms with Gasteiger partial charge in [0.25, 0.3) is 5.91 Å². The van der Waals surface area contributed by atoms with E-state index in [-0.39, 0.29) is 24.2 Å². The van der Waals surface area contributed by atoms with Gasteiger partial charge >= 0.3 is 6.18 Å². The first-order chi connectivity index (χ1) is 15.3. The Balaban J connectivity index is 1.45. The third kappa shape index (κ3) is 4.80. The Kier molecular flexibility index (Phi) is 5.95. The van der Waals surface area contributed by atoms with Gasteiger partial charge in [0, 0.05) is 6.54 Å². The molecule has 0 atom stereocenters. The van der Waals surface area contributed by atoms with Gasteiger partial charge in [-0.25, -0.2) is 0 Å². The number of hydrogen-bond donors (Lipinski definition) is 2. The molecule has 164 valence electrons. The summed E-state index contributed by atoms with van der Waals surface area (Å²) in [6.45, 7) is 0.142. The summed E-state index contributed by atoms with van der Waals surface area (Å²) in [4.78, 5) is 12.6. The van der Waals surface area contributed by atoms with Gasteiger partial charge in [0.1, 0.15) is 0 Å². The van der Waals surface area contributed by atoms with Crippen molar-refractivity contribution >= 4 is 28.6 Å². The maximum absolute atomic E-state index is 13.1. The van der Waals surface area contributed by atoms with Gasteiger partial charge in [-0.15, -0.1) is 5.10 Å². The summed E-state index contributed by atoms with van der Waals surface area (Å²) in [6, 6.07) is 12.7. The van der Waals surface area contributed by atoms with Crippen LogP contribution in [0.1, 0.15) is 21.6 Å². The molecule has 3 N–H and O–H groups in total. The number of carbonyl (C=O) groups is 1. The molecule has 0 spiro atoms. The Morgan fingerprint density at radius 3 is 2.69 bits per heavy atom. The molecular formula is C22H18F3N5OS. The van der Waals surface area contributed by atoms with E-state index >= 15 is 0 Å². The fraction of sp³-hybridized carbons (Fsp3) is 0.136. The van der Waals surface area contributed by atoms with E-state index in [9.17, 15) is 18.0 Å². The van der Waals surface area contributed by atoms with E-state index < -0.39 is 17.6 Å². The number of nitrogens with two attached hydrogens (primary N) is 1. The molecular weight excluding hydrogens is 439 g/mol. The quantitative estimate of drug-likeness (QED) is 0.395. The Morgan fingerprint density at radius 2 is 1.94 bits per heavy atom. The zero-order valence-corrected chi connectivity index (χ0v) is 17.5. The Bertz CT molecular complexity index is 1230. The predicted molar refractivity (Wildman–Crippen MR) is 117 cm³/mol. The number of alkyl halides is 3. The second-order valence-electron chi connectivity index (χ2n) is 7.04. The number of nitrogen functional groups attached to an aromatic ring is 1. The number of rotatable bonds is 6. The number of aryl methyl sites for hydroxylation is 2. The van der Waals surface area contributed by atoms with Gasteiger partial charge in [-0.05, 0) is 58.1 Å². The van der Waals surface area contributed by atoms with Gasteiger partial charge in [-0.3, -0.25) is 9.48 Å². The van der Waals surface area contributed by atoms with Gasteiger partial charge in [-0.1, -0.05) is 29.5 Å². The van der Waals surface area contributed by atoms with E-state index in [0.29, 0.717) is 11.4 Å². The molecule has 0 aliphatic heterocycles. The molecule has 0 aliphatic rings. The van der Waals surface area contributed by atoms with Crippen molar-refractivity contribution in [2.75, 3.05) is 11.1 Å². The largest absolute Gasteiger partial charge is 0.416 e. The van der Waals surface area contributed by atoms with Crippen LogP contribution in [-0.2, 0) is 19.1 Å². The molecule has 0 saturated heterocycles. The molecule has 0 saturated carbocycles. The van der Waals surface area contributed by atoms with E-state index in [0.717, 1.165) is 17.2 Å². The van der Waals surface area contributed by atoms with Crippen LogP contribution in [0.3, 0.4) is 0 Å². The molecule has 0 aliphatic carbocycles. The van der Waals surface area contributed by atoms with Gasteiger partial charge in [0.2, 0.25) is 0 Å². The smallest absolute Gasteiger partial charge is 0.397 e. The van der Waals surface area contributed by atoms with E-state index in [1.807, 2.05) is 22.9 Å². The topological polar surface area (TPSA) is 85.8 Å². The highest BCUT2D eigenvalue weighted by molar-refractivity contribution is 7.08. The number of anilines is 2. The van der Waals surface area contributed by atoms with Crippen molar-refractivity contribution < 1.29 is 18.0 Å². The molecule has 2 heterocycles. The van der Waals surface area contributed by atoms with Crippen LogP contribution in [0.4, 0.5) is 24.5 Å². The summed E-state index contributed by atoms with van der Waals surface area (Å²) in [5.41, 5.74) is 8.25. The number of thiophene rings is 1. The van der Waals surface area contributed by atoms with Gasteiger partial charge < -0.3 is 11.1 Å². The number of amides is 1. The van der Waals surface area contributed by atoms with Crippen molar-refractivity contribution in [1.82, 2.24) is 15.0 Å². The third-order valence-electron chi connectivity index (χ3n) is 4.86. The molecule has 2 aromatic heterocycles. The maximum Gasteiger partial charge on any atom is 0.416 e. The van der Waals surface area contributed by atoms with Crippen molar-refractivity contribution in [2.24, 2.45) is 0 Å². The van der Waals surface area contributed by atoms with Crippen LogP contribution in [0.5, 0.6) is 0 Å². The monoisotopic (exact) mass is 457 g/mol. The number of halogens is 3. The van der Waals surface area contributed by atoms with E-state index in [1.165, 1.54) is 23.0 Å². The van der Waals surface area contributed by atoms with Crippen molar-refractivity contribution in [1.29, 1.82) is 0 Å². The third-order valence-corrected chi connectivity index (χ3v) is 5.54. The predicted octanol–water partition coefficient (Wildman–Crippen LogP) is 5.10. The standard InChI is InChI=1S/C22H18F3N5OS/c23-22(24,25)17-4-2-1-3-14(17)7-9-30-12-20(28-29-30)21(31)27-19-11-15(5-6-18(19)26)16-8-10-32-13-16/h1-6,8,10-13H,7,9,26H2,(H,27,31). The molecule has 0 radical (unpaired) electrons. The minimum Gasteiger partial charge on any atom is -0.397 e. The normalized spacial score (nSPS) is 11.5. The highest BCUT2D eigenvalue weighted by Crippen LogP contribution is 2.32. The van der Waals surface area contributed by atoms with Crippen LogP contribution < -0.4 is 11.1 Å². The zero-order valence-electron chi connectivity index (χ0n) is 16.6. The summed E-state index contributed by atoms with van der Waals surface area (Å²) in [7, 11) is 0. The molecule has 6 nitrogen and oxygen atoms in total. The molecule has 4 aromatic rings. The highest BCUT2D eigenvalue weighted by Gasteiger charge is 2.32. The summed E-state index contributed by atoms with van der Waals surface area (Å²) >= 11 is 1.56. The molecule has 0 bridgehead atoms. The first-order valence-corrected chi connectivity index (χ1v) is 10.5. The number of nitrogens with one attached hydrogen (secondary N) is 1. The van der Waals surface area contributed by atoms with Crippen LogP contribution in [-0.4, -0.2) is 20.9 Å². The fourth-order valence-electron chi connectivity index (χ4n) is 3.22. The van der Waals surface area contributed by atoms with Crippen molar-refractivity contribution in [3.05, 3.63) is 82.3 Å². The Hall–Kier alpha value is -3.66. The SMILES string of the molecule is Nc1ccc(-c2ccsc2)cc1NC(=O)c1cn(CCc2ccccc2C(F)(F)F)nn1. The van der Waals surface area contributed by atoms with E-state index in [4.69, 9.17) is 5.73 Å². The molecule has 0 unspecified atom stereocenters. The van der Waals surface area contributed by atoms with Crippen LogP contribution in [0, 0.1) is 0 Å². The zero-order chi connectivity index (χ0) is 22.7. The lowest BCUT2D eigenvalue weighted by molar-refractivity contribution is -0.138. The summed E-state index contributed by atoms with van der Waals surface area (Å²) in [6.07, 6.45) is -2.94. The van der Waals surface area contributed by atoms with Gasteiger partial charge in [0.15, 0.2) is 5.69 Å². The molecule has 32 heavy (non-hydrogen) atoms. The lowest BCUT2D eigenvalue weighted by atomic mass is 10.0. The molecule has 10 heteroatoms. The number of carbonyl (C=O) groups excluding carboxylic acids is 1. The minimum atomic E-state index is -4.43. The van der Waals surface area contributed by atoms with Crippen molar-refractivity contribution in [2.45, 2.75) is 19.1 Å². The lowest BCUT2D eigenvalue weighted by Crippen LogP contribution is -2.14. The van der Waals surface area contributed by atoms with Gasteiger partial charge in [0.05, 0.1) is 23.1 Å². The first kappa shape index (κ1) is 21.6. The number of nitrogens with zero attached hydrogens (tertiary/aromatic N) is 3.